The van der Waals surface area contributed by atoms with Gasteiger partial charge >= 0.3 is 0 Å². The quantitative estimate of drug-likeness (QED) is 0.577. The molecule has 7 nitrogen and oxygen atoms in total. The maximum Gasteiger partial charge on any atom is 0.299 e. The molecule has 0 spiro atoms. The topological polar surface area (TPSA) is 117 Å². The van der Waals surface area contributed by atoms with E-state index in [1.807, 2.05) is 0 Å². The molecule has 8 heteroatoms. The molecule has 0 radical (unpaired) electrons. The van der Waals surface area contributed by atoms with Gasteiger partial charge in [0.05, 0.1) is 32.6 Å². The molecule has 1 heterocycles. The molecule has 0 aromatic carbocycles. The summed E-state index contributed by atoms with van der Waals surface area (Å²) in [5, 5.41) is 27.2. The number of rotatable bonds is 5. The zero-order valence-corrected chi connectivity index (χ0v) is 9.94. The molecule has 0 saturated heterocycles. The molecule has 3 N–H and O–H groups in total. The fourth-order valence-electron chi connectivity index (χ4n) is 1.41. The van der Waals surface area contributed by atoms with E-state index in [0.717, 1.165) is 7.11 Å². The predicted octanol–water partition coefficient (Wildman–Crippen LogP) is -1.11. The van der Waals surface area contributed by atoms with Crippen LogP contribution in [0.4, 0.5) is 0 Å². The first kappa shape index (κ1) is 14.0. The Bertz CT molecular complexity index is 498. The molecular weight excluding hydrogens is 250 g/mol. The van der Waals surface area contributed by atoms with E-state index in [0.29, 0.717) is 0 Å². The first-order valence-electron chi connectivity index (χ1n) is 4.64. The van der Waals surface area contributed by atoms with Crippen molar-refractivity contribution < 1.29 is 27.9 Å². The Hall–Kier alpha value is -1.06. The molecule has 0 fully saturated rings. The van der Waals surface area contributed by atoms with E-state index in [9.17, 15) is 8.42 Å². The Kier molecular flexibility index (Phi) is 4.54. The molecule has 96 valence electrons. The second-order valence-corrected chi connectivity index (χ2v) is 4.78. The van der Waals surface area contributed by atoms with Crippen LogP contribution in [0.25, 0.3) is 0 Å². The van der Waals surface area contributed by atoms with Gasteiger partial charge in [0.25, 0.3) is 10.1 Å². The van der Waals surface area contributed by atoms with Crippen molar-refractivity contribution in [2.45, 2.75) is 24.7 Å². The lowest BCUT2D eigenvalue weighted by atomic mass is 10.1. The van der Waals surface area contributed by atoms with E-state index in [4.69, 9.17) is 15.3 Å². The van der Waals surface area contributed by atoms with Crippen LogP contribution in [0, 0.1) is 0 Å². The second kappa shape index (κ2) is 5.52. The zero-order valence-electron chi connectivity index (χ0n) is 9.12. The standard InChI is InChI=1S/C9H13NO6S/c1-16-17(14,15)9-7(4-12)6(3-11)2-10-8(9)5-13/h2,11-13H,3-5H2,1H3. The van der Waals surface area contributed by atoms with E-state index in [2.05, 4.69) is 9.17 Å². The number of aromatic nitrogens is 1. The largest absolute Gasteiger partial charge is 0.392 e. The number of aliphatic hydroxyl groups is 3. The molecular formula is C9H13NO6S. The van der Waals surface area contributed by atoms with Crippen LogP contribution in [-0.2, 0) is 34.1 Å². The lowest BCUT2D eigenvalue weighted by Crippen LogP contribution is -2.14. The number of nitrogens with zero attached hydrogens (tertiary/aromatic N) is 1. The van der Waals surface area contributed by atoms with Crippen molar-refractivity contribution in [3.8, 4) is 0 Å². The van der Waals surface area contributed by atoms with Gasteiger partial charge in [0, 0.05) is 17.3 Å². The summed E-state index contributed by atoms with van der Waals surface area (Å²) in [5.41, 5.74) is 0.0156. The lowest BCUT2D eigenvalue weighted by Gasteiger charge is -2.13. The third kappa shape index (κ3) is 2.61. The van der Waals surface area contributed by atoms with E-state index >= 15 is 0 Å². The van der Waals surface area contributed by atoms with Crippen LogP contribution in [0.3, 0.4) is 0 Å². The molecule has 17 heavy (non-hydrogen) atoms. The molecule has 0 aliphatic carbocycles. The van der Waals surface area contributed by atoms with E-state index in [-0.39, 0.29) is 16.8 Å². The molecule has 1 aromatic rings. The fourth-order valence-corrected chi connectivity index (χ4v) is 2.48. The highest BCUT2D eigenvalue weighted by Gasteiger charge is 2.25. The van der Waals surface area contributed by atoms with Gasteiger partial charge in [0.2, 0.25) is 0 Å². The lowest BCUT2D eigenvalue weighted by molar-refractivity contribution is 0.249. The van der Waals surface area contributed by atoms with Crippen molar-refractivity contribution >= 4 is 10.1 Å². The minimum Gasteiger partial charge on any atom is -0.392 e. The average Bonchev–Trinajstić information content (AvgIpc) is 2.36. The third-order valence-electron chi connectivity index (χ3n) is 2.25. The Labute approximate surface area is 98.4 Å². The highest BCUT2D eigenvalue weighted by atomic mass is 32.2. The van der Waals surface area contributed by atoms with Gasteiger partial charge in [-0.05, 0) is 0 Å². The summed E-state index contributed by atoms with van der Waals surface area (Å²) in [6.45, 7) is -1.69. The Balaban J connectivity index is 3.63. The van der Waals surface area contributed by atoms with Crippen LogP contribution in [0.2, 0.25) is 0 Å². The van der Waals surface area contributed by atoms with Crippen LogP contribution >= 0.6 is 0 Å². The van der Waals surface area contributed by atoms with Crippen molar-refractivity contribution in [2.24, 2.45) is 0 Å². The fraction of sp³-hybridized carbons (Fsp3) is 0.444. The van der Waals surface area contributed by atoms with Gasteiger partial charge in [-0.25, -0.2) is 0 Å². The van der Waals surface area contributed by atoms with E-state index in [1.165, 1.54) is 6.20 Å². The molecule has 0 aliphatic rings. The van der Waals surface area contributed by atoms with Crippen LogP contribution in [-0.4, -0.2) is 35.8 Å². The highest BCUT2D eigenvalue weighted by molar-refractivity contribution is 7.86. The smallest absolute Gasteiger partial charge is 0.299 e. The molecule has 1 aromatic heterocycles. The number of hydrogen-bond donors (Lipinski definition) is 3. The van der Waals surface area contributed by atoms with Gasteiger partial charge in [-0.15, -0.1) is 0 Å². The van der Waals surface area contributed by atoms with Gasteiger partial charge in [0.1, 0.15) is 4.90 Å². The zero-order chi connectivity index (χ0) is 13.1. The van der Waals surface area contributed by atoms with Crippen LogP contribution in [0.1, 0.15) is 16.8 Å². The maximum atomic E-state index is 11.7. The van der Waals surface area contributed by atoms with Crippen LogP contribution < -0.4 is 0 Å². The Morgan fingerprint density at radius 3 is 2.29 bits per heavy atom. The number of hydrogen-bond acceptors (Lipinski definition) is 7. The Morgan fingerprint density at radius 2 is 1.88 bits per heavy atom. The van der Waals surface area contributed by atoms with Crippen LogP contribution in [0.15, 0.2) is 11.1 Å². The molecule has 0 aliphatic heterocycles. The summed E-state index contributed by atoms with van der Waals surface area (Å²) in [6, 6.07) is 0. The predicted molar refractivity (Wildman–Crippen MR) is 56.2 cm³/mol. The van der Waals surface area contributed by atoms with Crippen molar-refractivity contribution in [3.63, 3.8) is 0 Å². The summed E-state index contributed by atoms with van der Waals surface area (Å²) in [4.78, 5) is 3.32. The normalized spacial score (nSPS) is 11.8. The van der Waals surface area contributed by atoms with Crippen molar-refractivity contribution in [2.75, 3.05) is 7.11 Å². The molecule has 0 unspecified atom stereocenters. The summed E-state index contributed by atoms with van der Waals surface area (Å²) in [6.07, 6.45) is 1.20. The van der Waals surface area contributed by atoms with Gasteiger partial charge in [0.15, 0.2) is 0 Å². The summed E-state index contributed by atoms with van der Waals surface area (Å²) >= 11 is 0. The Morgan fingerprint density at radius 1 is 1.24 bits per heavy atom. The first-order valence-corrected chi connectivity index (χ1v) is 6.05. The highest BCUT2D eigenvalue weighted by Crippen LogP contribution is 2.24. The second-order valence-electron chi connectivity index (χ2n) is 3.13. The number of pyridine rings is 1. The SMILES string of the molecule is COS(=O)(=O)c1c(CO)ncc(CO)c1CO. The summed E-state index contributed by atoms with van der Waals surface area (Å²) < 4.78 is 27.7. The maximum absolute atomic E-state index is 11.7. The summed E-state index contributed by atoms with van der Waals surface area (Å²) in [5.74, 6) is 0. The van der Waals surface area contributed by atoms with E-state index < -0.39 is 34.8 Å². The van der Waals surface area contributed by atoms with Crippen molar-refractivity contribution in [1.82, 2.24) is 4.98 Å². The van der Waals surface area contributed by atoms with Gasteiger partial charge in [-0.1, -0.05) is 0 Å². The average molecular weight is 263 g/mol. The third-order valence-corrected chi connectivity index (χ3v) is 3.67. The molecule has 0 amide bonds. The van der Waals surface area contributed by atoms with E-state index in [1.54, 1.807) is 0 Å². The van der Waals surface area contributed by atoms with Crippen LogP contribution in [0.5, 0.6) is 0 Å². The summed E-state index contributed by atoms with van der Waals surface area (Å²) in [7, 11) is -3.15. The molecule has 0 bridgehead atoms. The number of aliphatic hydroxyl groups excluding tert-OH is 3. The molecule has 0 saturated carbocycles. The van der Waals surface area contributed by atoms with Gasteiger partial charge in [-0.3, -0.25) is 9.17 Å². The van der Waals surface area contributed by atoms with Gasteiger partial charge in [-0.2, -0.15) is 8.42 Å². The monoisotopic (exact) mass is 263 g/mol. The minimum absolute atomic E-state index is 0.0200. The van der Waals surface area contributed by atoms with Crippen molar-refractivity contribution in [3.05, 3.63) is 23.0 Å². The van der Waals surface area contributed by atoms with Gasteiger partial charge < -0.3 is 15.3 Å². The van der Waals surface area contributed by atoms with Crippen molar-refractivity contribution in [1.29, 1.82) is 0 Å². The first-order chi connectivity index (χ1) is 8.01. The molecule has 1 rings (SSSR count). The minimum atomic E-state index is -4.11. The molecule has 0 atom stereocenters.